The zero-order valence-corrected chi connectivity index (χ0v) is 18.9. The molecule has 0 aliphatic carbocycles. The van der Waals surface area contributed by atoms with Gasteiger partial charge >= 0.3 is 5.69 Å². The number of hydrogen-bond donors (Lipinski definition) is 1. The molecule has 0 bridgehead atoms. The van der Waals surface area contributed by atoms with Crippen molar-refractivity contribution in [2.24, 2.45) is 0 Å². The molecule has 0 radical (unpaired) electrons. The van der Waals surface area contributed by atoms with Gasteiger partial charge in [-0.2, -0.15) is 0 Å². The number of H-pyrrole nitrogens is 1. The first-order valence-electron chi connectivity index (χ1n) is 11.2. The second-order valence-corrected chi connectivity index (χ2v) is 8.00. The van der Waals surface area contributed by atoms with Gasteiger partial charge in [-0.15, -0.1) is 5.10 Å². The van der Waals surface area contributed by atoms with Gasteiger partial charge in [0.1, 0.15) is 0 Å². The van der Waals surface area contributed by atoms with Crippen LogP contribution < -0.4 is 5.69 Å². The van der Waals surface area contributed by atoms with Crippen molar-refractivity contribution in [2.75, 3.05) is 0 Å². The van der Waals surface area contributed by atoms with Crippen molar-refractivity contribution in [3.05, 3.63) is 70.0 Å². The SMILES string of the molecule is CCCCc1c(C)n(CCC)c(=O)n1Cc1ccc(-c2ccccc2-c2nnn[nH]2)nc1. The Morgan fingerprint density at radius 1 is 1.00 bits per heavy atom. The van der Waals surface area contributed by atoms with Crippen molar-refractivity contribution < 1.29 is 0 Å². The minimum atomic E-state index is 0.0719. The smallest absolute Gasteiger partial charge is 0.296 e. The average Bonchev–Trinajstić information content (AvgIpc) is 3.43. The topological polar surface area (TPSA) is 94.3 Å². The summed E-state index contributed by atoms with van der Waals surface area (Å²) in [6.07, 6.45) is 5.88. The summed E-state index contributed by atoms with van der Waals surface area (Å²) in [5.41, 5.74) is 5.97. The first kappa shape index (κ1) is 21.7. The first-order chi connectivity index (χ1) is 15.6. The fourth-order valence-electron chi connectivity index (χ4n) is 4.11. The van der Waals surface area contributed by atoms with E-state index in [0.717, 1.165) is 66.0 Å². The van der Waals surface area contributed by atoms with Crippen LogP contribution >= 0.6 is 0 Å². The predicted molar refractivity (Wildman–Crippen MR) is 124 cm³/mol. The van der Waals surface area contributed by atoms with Crippen molar-refractivity contribution >= 4 is 0 Å². The number of aromatic amines is 1. The second-order valence-electron chi connectivity index (χ2n) is 8.00. The monoisotopic (exact) mass is 431 g/mol. The van der Waals surface area contributed by atoms with Crippen LogP contribution in [0.15, 0.2) is 47.4 Å². The van der Waals surface area contributed by atoms with Gasteiger partial charge in [0.05, 0.1) is 12.2 Å². The molecule has 166 valence electrons. The van der Waals surface area contributed by atoms with E-state index in [1.807, 2.05) is 51.7 Å². The van der Waals surface area contributed by atoms with E-state index >= 15 is 0 Å². The lowest BCUT2D eigenvalue weighted by Gasteiger charge is -2.10. The molecule has 0 fully saturated rings. The normalized spacial score (nSPS) is 11.2. The highest BCUT2D eigenvalue weighted by Gasteiger charge is 2.17. The molecule has 0 aliphatic rings. The Morgan fingerprint density at radius 3 is 2.47 bits per heavy atom. The van der Waals surface area contributed by atoms with Crippen LogP contribution in [-0.4, -0.2) is 34.7 Å². The molecule has 0 atom stereocenters. The van der Waals surface area contributed by atoms with Crippen LogP contribution in [0.1, 0.15) is 50.1 Å². The maximum absolute atomic E-state index is 13.1. The third-order valence-electron chi connectivity index (χ3n) is 5.79. The number of imidazole rings is 1. The lowest BCUT2D eigenvalue weighted by Crippen LogP contribution is -2.26. The van der Waals surface area contributed by atoms with Crippen LogP contribution in [0.5, 0.6) is 0 Å². The highest BCUT2D eigenvalue weighted by Crippen LogP contribution is 2.28. The number of hydrogen-bond acceptors (Lipinski definition) is 5. The molecule has 32 heavy (non-hydrogen) atoms. The van der Waals surface area contributed by atoms with Crippen LogP contribution in [0.25, 0.3) is 22.6 Å². The number of pyridine rings is 1. The third kappa shape index (κ3) is 4.26. The predicted octanol–water partition coefficient (Wildman–Crippen LogP) is 4.00. The van der Waals surface area contributed by atoms with E-state index in [2.05, 4.69) is 41.4 Å². The van der Waals surface area contributed by atoms with Gasteiger partial charge in [-0.3, -0.25) is 14.1 Å². The Morgan fingerprint density at radius 2 is 1.81 bits per heavy atom. The number of rotatable bonds is 9. The summed E-state index contributed by atoms with van der Waals surface area (Å²) in [6, 6.07) is 11.9. The van der Waals surface area contributed by atoms with E-state index in [9.17, 15) is 4.79 Å². The maximum Gasteiger partial charge on any atom is 0.328 e. The van der Waals surface area contributed by atoms with Crippen LogP contribution in [0.4, 0.5) is 0 Å². The summed E-state index contributed by atoms with van der Waals surface area (Å²) in [6.45, 7) is 7.62. The van der Waals surface area contributed by atoms with Gasteiger partial charge in [0.25, 0.3) is 0 Å². The van der Waals surface area contributed by atoms with Gasteiger partial charge in [0.2, 0.25) is 0 Å². The molecule has 1 aromatic carbocycles. The lowest BCUT2D eigenvalue weighted by atomic mass is 10.0. The minimum absolute atomic E-state index is 0.0719. The van der Waals surface area contributed by atoms with Gasteiger partial charge in [-0.05, 0) is 48.2 Å². The zero-order chi connectivity index (χ0) is 22.5. The number of tetrazole rings is 1. The Labute approximate surface area is 187 Å². The molecule has 0 saturated heterocycles. The molecular weight excluding hydrogens is 402 g/mol. The van der Waals surface area contributed by atoms with Crippen molar-refractivity contribution in [1.29, 1.82) is 0 Å². The van der Waals surface area contributed by atoms with Crippen LogP contribution in [0, 0.1) is 6.92 Å². The maximum atomic E-state index is 13.1. The highest BCUT2D eigenvalue weighted by molar-refractivity contribution is 5.78. The van der Waals surface area contributed by atoms with E-state index < -0.39 is 0 Å². The Hall–Kier alpha value is -3.55. The van der Waals surface area contributed by atoms with Crippen molar-refractivity contribution in [1.82, 2.24) is 34.7 Å². The Kier molecular flexibility index (Phi) is 6.58. The van der Waals surface area contributed by atoms with Gasteiger partial charge in [0.15, 0.2) is 5.82 Å². The molecule has 8 heteroatoms. The van der Waals surface area contributed by atoms with E-state index in [0.29, 0.717) is 12.4 Å². The van der Waals surface area contributed by atoms with Gasteiger partial charge in [0, 0.05) is 35.3 Å². The van der Waals surface area contributed by atoms with Gasteiger partial charge in [-0.25, -0.2) is 9.89 Å². The largest absolute Gasteiger partial charge is 0.328 e. The third-order valence-corrected chi connectivity index (χ3v) is 5.79. The molecule has 3 aromatic heterocycles. The van der Waals surface area contributed by atoms with Gasteiger partial charge < -0.3 is 0 Å². The van der Waals surface area contributed by atoms with E-state index in [4.69, 9.17) is 4.98 Å². The lowest BCUT2D eigenvalue weighted by molar-refractivity contribution is 0.611. The summed E-state index contributed by atoms with van der Waals surface area (Å²) in [5, 5.41) is 14.2. The molecule has 4 rings (SSSR count). The number of benzene rings is 1. The fraction of sp³-hybridized carbons (Fsp3) is 0.375. The second kappa shape index (κ2) is 9.72. The molecule has 0 unspecified atom stereocenters. The minimum Gasteiger partial charge on any atom is -0.296 e. The van der Waals surface area contributed by atoms with Crippen molar-refractivity contribution in [3.63, 3.8) is 0 Å². The Balaban J connectivity index is 1.65. The van der Waals surface area contributed by atoms with E-state index in [-0.39, 0.29) is 5.69 Å². The number of unbranched alkanes of at least 4 members (excludes halogenated alkanes) is 1. The van der Waals surface area contributed by atoms with Crippen molar-refractivity contribution in [2.45, 2.75) is 59.5 Å². The molecule has 3 heterocycles. The highest BCUT2D eigenvalue weighted by atomic mass is 16.1. The molecule has 1 N–H and O–H groups in total. The summed E-state index contributed by atoms with van der Waals surface area (Å²) in [4.78, 5) is 17.8. The first-order valence-corrected chi connectivity index (χ1v) is 11.2. The standard InChI is InChI=1S/C24H29N7O/c1-4-6-11-22-17(3)30(14-5-2)24(32)31(22)16-18-12-13-21(25-15-18)19-9-7-8-10-20(19)23-26-28-29-27-23/h7-10,12-13,15H,4-6,11,14,16H2,1-3H3,(H,26,27,28,29). The zero-order valence-electron chi connectivity index (χ0n) is 18.9. The van der Waals surface area contributed by atoms with Crippen LogP contribution in [0.3, 0.4) is 0 Å². The van der Waals surface area contributed by atoms with Crippen molar-refractivity contribution in [3.8, 4) is 22.6 Å². The Bertz CT molecular complexity index is 1220. The number of aromatic nitrogens is 7. The summed E-state index contributed by atoms with van der Waals surface area (Å²) < 4.78 is 3.83. The summed E-state index contributed by atoms with van der Waals surface area (Å²) in [5.74, 6) is 0.603. The fourth-order valence-corrected chi connectivity index (χ4v) is 4.11. The molecule has 8 nitrogen and oxygen atoms in total. The number of nitrogens with zero attached hydrogens (tertiary/aromatic N) is 6. The molecule has 0 aliphatic heterocycles. The molecule has 4 aromatic rings. The van der Waals surface area contributed by atoms with Crippen LogP contribution in [0.2, 0.25) is 0 Å². The molecule has 0 amide bonds. The molecule has 0 spiro atoms. The number of nitrogens with one attached hydrogen (secondary N) is 1. The van der Waals surface area contributed by atoms with Gasteiger partial charge in [-0.1, -0.05) is 50.6 Å². The quantitative estimate of drug-likeness (QED) is 0.432. The van der Waals surface area contributed by atoms with E-state index in [1.165, 1.54) is 0 Å². The van der Waals surface area contributed by atoms with E-state index in [1.54, 1.807) is 0 Å². The van der Waals surface area contributed by atoms with Crippen LogP contribution in [-0.2, 0) is 19.5 Å². The summed E-state index contributed by atoms with van der Waals surface area (Å²) >= 11 is 0. The molecular formula is C24H29N7O. The molecule has 0 saturated carbocycles. The average molecular weight is 432 g/mol. The summed E-state index contributed by atoms with van der Waals surface area (Å²) in [7, 11) is 0.